The number of anilines is 2. The van der Waals surface area contributed by atoms with Gasteiger partial charge in [0.15, 0.2) is 5.78 Å². The van der Waals surface area contributed by atoms with E-state index in [-0.39, 0.29) is 18.3 Å². The first kappa shape index (κ1) is 28.2. The van der Waals surface area contributed by atoms with Crippen molar-refractivity contribution in [3.8, 4) is 11.1 Å². The van der Waals surface area contributed by atoms with Gasteiger partial charge in [0.05, 0.1) is 6.61 Å². The molecule has 1 heterocycles. The zero-order valence-corrected chi connectivity index (χ0v) is 23.2. The average molecular weight is 536 g/mol. The summed E-state index contributed by atoms with van der Waals surface area (Å²) in [6.07, 6.45) is 1.78. The van der Waals surface area contributed by atoms with Crippen LogP contribution in [0.3, 0.4) is 0 Å². The maximum absolute atomic E-state index is 13.3. The molecule has 0 unspecified atom stereocenters. The maximum atomic E-state index is 13.3. The Morgan fingerprint density at radius 2 is 1.60 bits per heavy atom. The van der Waals surface area contributed by atoms with Crippen LogP contribution in [-0.4, -0.2) is 34.9 Å². The van der Waals surface area contributed by atoms with Gasteiger partial charge in [-0.1, -0.05) is 42.5 Å². The molecule has 3 aromatic carbocycles. The molecule has 0 saturated carbocycles. The zero-order chi connectivity index (χ0) is 28.7. The number of nitrogens with zero attached hydrogens (tertiary/aromatic N) is 2. The number of nitrogens with one attached hydrogen (secondary N) is 1. The van der Waals surface area contributed by atoms with Gasteiger partial charge in [0, 0.05) is 46.4 Å². The summed E-state index contributed by atoms with van der Waals surface area (Å²) in [4.78, 5) is 44.1. The van der Waals surface area contributed by atoms with Gasteiger partial charge in [-0.25, -0.2) is 4.79 Å². The Kier molecular flexibility index (Phi) is 8.74. The third kappa shape index (κ3) is 6.99. The number of ether oxygens (including phenoxy) is 1. The first-order chi connectivity index (χ1) is 19.1. The summed E-state index contributed by atoms with van der Waals surface area (Å²) in [7, 11) is 0. The molecule has 0 aliphatic rings. The number of Topliss-reactive ketones (excluding diaryl/α,β-unsaturated/α-hetero) is 1. The van der Waals surface area contributed by atoms with Crippen LogP contribution in [0.4, 0.5) is 16.2 Å². The quantitative estimate of drug-likeness (QED) is 0.241. The molecule has 1 aromatic heterocycles. The summed E-state index contributed by atoms with van der Waals surface area (Å²) in [5, 5.41) is 2.94. The van der Waals surface area contributed by atoms with Crippen LogP contribution in [0.15, 0.2) is 97.2 Å². The summed E-state index contributed by atoms with van der Waals surface area (Å²) < 4.78 is 5.58. The molecule has 0 fully saturated rings. The number of hydrogen-bond donors (Lipinski definition) is 1. The number of rotatable bonds is 8. The molecule has 0 radical (unpaired) electrons. The van der Waals surface area contributed by atoms with E-state index < -0.39 is 11.6 Å². The van der Waals surface area contributed by atoms with Crippen LogP contribution in [0, 0.1) is 0 Å². The minimum atomic E-state index is -0.541. The predicted octanol–water partition coefficient (Wildman–Crippen LogP) is 7.19. The first-order valence-corrected chi connectivity index (χ1v) is 13.1. The van der Waals surface area contributed by atoms with Gasteiger partial charge in [-0.05, 0) is 87.4 Å². The van der Waals surface area contributed by atoms with E-state index in [1.54, 1.807) is 59.6 Å². The molecule has 0 aliphatic heterocycles. The van der Waals surface area contributed by atoms with Crippen LogP contribution in [0.25, 0.3) is 11.1 Å². The number of ketones is 1. The fourth-order valence-corrected chi connectivity index (χ4v) is 4.35. The summed E-state index contributed by atoms with van der Waals surface area (Å²) in [6, 6.07) is 27.2. The zero-order valence-electron chi connectivity index (χ0n) is 23.2. The highest BCUT2D eigenvalue weighted by Gasteiger charge is 2.29. The van der Waals surface area contributed by atoms with E-state index in [2.05, 4.69) is 10.3 Å². The van der Waals surface area contributed by atoms with E-state index in [4.69, 9.17) is 4.74 Å². The molecule has 0 spiro atoms. The van der Waals surface area contributed by atoms with Gasteiger partial charge in [-0.3, -0.25) is 19.5 Å². The van der Waals surface area contributed by atoms with E-state index in [0.29, 0.717) is 28.9 Å². The molecular weight excluding hydrogens is 502 g/mol. The van der Waals surface area contributed by atoms with E-state index in [1.165, 1.54) is 6.92 Å². The SMILES string of the molecule is CC(=O)c1cccc(-c2ccccc2C(=O)Nc2ccc(N(C(=O)OCCc3ccccn3)C(C)(C)C)cc2)c1. The van der Waals surface area contributed by atoms with Gasteiger partial charge >= 0.3 is 6.09 Å². The monoisotopic (exact) mass is 535 g/mol. The molecule has 1 N–H and O–H groups in total. The number of carbonyl (C=O) groups excluding carboxylic acids is 3. The van der Waals surface area contributed by atoms with Crippen LogP contribution in [0.2, 0.25) is 0 Å². The van der Waals surface area contributed by atoms with Crippen molar-refractivity contribution in [2.24, 2.45) is 0 Å². The van der Waals surface area contributed by atoms with Crippen molar-refractivity contribution in [1.82, 2.24) is 4.98 Å². The molecule has 0 saturated heterocycles. The fraction of sp³-hybridized carbons (Fsp3) is 0.212. The molecule has 0 bridgehead atoms. The van der Waals surface area contributed by atoms with E-state index in [1.807, 2.05) is 63.2 Å². The number of pyridine rings is 1. The molecule has 204 valence electrons. The molecular formula is C33H33N3O4. The average Bonchev–Trinajstić information content (AvgIpc) is 2.94. The van der Waals surface area contributed by atoms with E-state index in [0.717, 1.165) is 16.8 Å². The Bertz CT molecular complexity index is 1490. The van der Waals surface area contributed by atoms with Crippen LogP contribution < -0.4 is 10.2 Å². The molecule has 4 aromatic rings. The van der Waals surface area contributed by atoms with Crippen molar-refractivity contribution in [3.05, 3.63) is 114 Å². The highest BCUT2D eigenvalue weighted by Crippen LogP contribution is 2.28. The molecule has 4 rings (SSSR count). The highest BCUT2D eigenvalue weighted by atomic mass is 16.6. The molecule has 0 atom stereocenters. The largest absolute Gasteiger partial charge is 0.449 e. The van der Waals surface area contributed by atoms with Gasteiger partial charge in [-0.15, -0.1) is 0 Å². The number of aromatic nitrogens is 1. The minimum Gasteiger partial charge on any atom is -0.449 e. The second kappa shape index (κ2) is 12.4. The van der Waals surface area contributed by atoms with Gasteiger partial charge < -0.3 is 10.1 Å². The van der Waals surface area contributed by atoms with Gasteiger partial charge in [0.2, 0.25) is 0 Å². The van der Waals surface area contributed by atoms with Crippen LogP contribution >= 0.6 is 0 Å². The Morgan fingerprint density at radius 3 is 2.27 bits per heavy atom. The Balaban J connectivity index is 1.48. The van der Waals surface area contributed by atoms with Crippen molar-refractivity contribution in [3.63, 3.8) is 0 Å². The van der Waals surface area contributed by atoms with E-state index in [9.17, 15) is 14.4 Å². The van der Waals surface area contributed by atoms with Crippen molar-refractivity contribution < 1.29 is 19.1 Å². The van der Waals surface area contributed by atoms with Crippen molar-refractivity contribution in [2.75, 3.05) is 16.8 Å². The molecule has 7 nitrogen and oxygen atoms in total. The maximum Gasteiger partial charge on any atom is 0.414 e. The third-order valence-electron chi connectivity index (χ3n) is 6.30. The number of hydrogen-bond acceptors (Lipinski definition) is 5. The summed E-state index contributed by atoms with van der Waals surface area (Å²) in [5.41, 5.74) is 4.13. The molecule has 7 heteroatoms. The second-order valence-electron chi connectivity index (χ2n) is 10.4. The van der Waals surface area contributed by atoms with Crippen molar-refractivity contribution in [2.45, 2.75) is 39.7 Å². The Labute approximate surface area is 234 Å². The lowest BCUT2D eigenvalue weighted by molar-refractivity contribution is 0.101. The number of carbonyl (C=O) groups is 3. The summed E-state index contributed by atoms with van der Waals surface area (Å²) in [5.74, 6) is -0.316. The topological polar surface area (TPSA) is 88.6 Å². The fourth-order valence-electron chi connectivity index (χ4n) is 4.35. The lowest BCUT2D eigenvalue weighted by atomic mass is 9.97. The van der Waals surface area contributed by atoms with Gasteiger partial charge in [0.1, 0.15) is 0 Å². The molecule has 40 heavy (non-hydrogen) atoms. The van der Waals surface area contributed by atoms with Crippen LogP contribution in [0.1, 0.15) is 54.1 Å². The van der Waals surface area contributed by atoms with Crippen molar-refractivity contribution in [1.29, 1.82) is 0 Å². The normalized spacial score (nSPS) is 11.0. The Hall–Kier alpha value is -4.78. The lowest BCUT2D eigenvalue weighted by Crippen LogP contribution is -2.46. The minimum absolute atomic E-state index is 0.0368. The molecule has 2 amide bonds. The summed E-state index contributed by atoms with van der Waals surface area (Å²) >= 11 is 0. The number of amides is 2. The van der Waals surface area contributed by atoms with Gasteiger partial charge in [0.25, 0.3) is 5.91 Å². The van der Waals surface area contributed by atoms with Gasteiger partial charge in [-0.2, -0.15) is 0 Å². The van der Waals surface area contributed by atoms with Crippen LogP contribution in [-0.2, 0) is 11.2 Å². The standard InChI is InChI=1S/C33H33N3O4/c1-23(37)24-10-9-11-25(22-24)29-13-5-6-14-30(29)31(38)35-27-15-17-28(18-16-27)36(33(2,3)4)32(39)40-21-19-26-12-7-8-20-34-26/h5-18,20,22H,19,21H2,1-4H3,(H,35,38). The summed E-state index contributed by atoms with van der Waals surface area (Å²) in [6.45, 7) is 7.53. The van der Waals surface area contributed by atoms with Crippen molar-refractivity contribution >= 4 is 29.2 Å². The van der Waals surface area contributed by atoms with E-state index >= 15 is 0 Å². The van der Waals surface area contributed by atoms with Crippen LogP contribution in [0.5, 0.6) is 0 Å². The highest BCUT2D eigenvalue weighted by molar-refractivity contribution is 6.09. The predicted molar refractivity (Wildman–Crippen MR) is 158 cm³/mol. The first-order valence-electron chi connectivity index (χ1n) is 13.1. The second-order valence-corrected chi connectivity index (χ2v) is 10.4. The lowest BCUT2D eigenvalue weighted by Gasteiger charge is -2.34. The smallest absolute Gasteiger partial charge is 0.414 e. The number of benzene rings is 3. The third-order valence-corrected chi connectivity index (χ3v) is 6.30. The molecule has 0 aliphatic carbocycles. The Morgan fingerprint density at radius 1 is 0.875 bits per heavy atom.